The largest absolute Gasteiger partial charge is 0.375 e. The Balaban J connectivity index is 1.50. The van der Waals surface area contributed by atoms with Gasteiger partial charge in [-0.05, 0) is 38.5 Å². The average molecular weight is 294 g/mol. The first-order chi connectivity index (χ1) is 10.1. The normalized spacial score (nSPS) is 29.7. The molecule has 4 heteroatoms. The number of ether oxygens (including phenoxy) is 1. The number of likely N-dealkylation sites (tertiary alicyclic amines) is 1. The number of amides is 1. The highest BCUT2D eigenvalue weighted by molar-refractivity contribution is 5.77. The van der Waals surface area contributed by atoms with E-state index in [4.69, 9.17) is 4.74 Å². The molecule has 4 nitrogen and oxygen atoms in total. The van der Waals surface area contributed by atoms with Crippen LogP contribution in [-0.2, 0) is 9.53 Å². The molecule has 0 aromatic rings. The predicted octanol–water partition coefficient (Wildman–Crippen LogP) is 2.28. The molecule has 1 amide bonds. The monoisotopic (exact) mass is 294 g/mol. The lowest BCUT2D eigenvalue weighted by Gasteiger charge is -2.35. The van der Waals surface area contributed by atoms with E-state index in [9.17, 15) is 4.79 Å². The first-order valence-electron chi connectivity index (χ1n) is 8.71. The SMILES string of the molecule is CC(C)N1CCO[C@H](CC(=O)N2CCC3(CCCC3)C2)C1. The van der Waals surface area contributed by atoms with Gasteiger partial charge < -0.3 is 9.64 Å². The van der Waals surface area contributed by atoms with E-state index in [1.165, 1.54) is 32.1 Å². The van der Waals surface area contributed by atoms with Gasteiger partial charge in [0, 0.05) is 32.2 Å². The van der Waals surface area contributed by atoms with Gasteiger partial charge in [-0.25, -0.2) is 0 Å². The number of carbonyl (C=O) groups excluding carboxylic acids is 1. The first kappa shape index (κ1) is 15.3. The Hall–Kier alpha value is -0.610. The Morgan fingerprint density at radius 3 is 2.71 bits per heavy atom. The maximum Gasteiger partial charge on any atom is 0.225 e. The topological polar surface area (TPSA) is 32.8 Å². The summed E-state index contributed by atoms with van der Waals surface area (Å²) >= 11 is 0. The number of hydrogen-bond donors (Lipinski definition) is 0. The van der Waals surface area contributed by atoms with Crippen molar-refractivity contribution in [2.45, 2.75) is 64.5 Å². The third-order valence-corrected chi connectivity index (χ3v) is 5.76. The van der Waals surface area contributed by atoms with Gasteiger partial charge in [-0.1, -0.05) is 12.8 Å². The van der Waals surface area contributed by atoms with E-state index < -0.39 is 0 Å². The van der Waals surface area contributed by atoms with Gasteiger partial charge in [-0.15, -0.1) is 0 Å². The standard InChI is InChI=1S/C17H30N2O2/c1-14(2)18-9-10-21-15(12-18)11-16(20)19-8-7-17(13-19)5-3-4-6-17/h14-15H,3-13H2,1-2H3/t15-/m1/s1. The van der Waals surface area contributed by atoms with Crippen LogP contribution in [0.25, 0.3) is 0 Å². The van der Waals surface area contributed by atoms with Crippen molar-refractivity contribution in [1.29, 1.82) is 0 Å². The summed E-state index contributed by atoms with van der Waals surface area (Å²) in [6.07, 6.45) is 7.26. The molecule has 0 unspecified atom stereocenters. The third-order valence-electron chi connectivity index (χ3n) is 5.76. The molecule has 3 aliphatic rings. The molecule has 0 radical (unpaired) electrons. The van der Waals surface area contributed by atoms with Crippen molar-refractivity contribution in [2.75, 3.05) is 32.8 Å². The van der Waals surface area contributed by atoms with Crippen molar-refractivity contribution in [3.05, 3.63) is 0 Å². The molecule has 2 saturated heterocycles. The van der Waals surface area contributed by atoms with E-state index in [1.54, 1.807) is 0 Å². The Kier molecular flexibility index (Phi) is 4.55. The molecule has 0 aromatic heterocycles. The van der Waals surface area contributed by atoms with Gasteiger partial charge in [-0.3, -0.25) is 9.69 Å². The van der Waals surface area contributed by atoms with Crippen LogP contribution in [0.5, 0.6) is 0 Å². The molecule has 21 heavy (non-hydrogen) atoms. The van der Waals surface area contributed by atoms with Crippen LogP contribution in [-0.4, -0.2) is 60.6 Å². The summed E-state index contributed by atoms with van der Waals surface area (Å²) in [5, 5.41) is 0. The van der Waals surface area contributed by atoms with Crippen molar-refractivity contribution in [3.8, 4) is 0 Å². The molecular weight excluding hydrogens is 264 g/mol. The average Bonchev–Trinajstić information content (AvgIpc) is 3.10. The van der Waals surface area contributed by atoms with E-state index in [0.717, 1.165) is 32.8 Å². The number of morpholine rings is 1. The number of rotatable bonds is 3. The number of nitrogens with zero attached hydrogens (tertiary/aromatic N) is 2. The molecule has 1 saturated carbocycles. The van der Waals surface area contributed by atoms with Crippen LogP contribution in [0.1, 0.15) is 52.4 Å². The van der Waals surface area contributed by atoms with Crippen LogP contribution in [0.2, 0.25) is 0 Å². The molecule has 1 aliphatic carbocycles. The molecular formula is C17H30N2O2. The second kappa shape index (κ2) is 6.25. The van der Waals surface area contributed by atoms with E-state index >= 15 is 0 Å². The molecule has 0 bridgehead atoms. The second-order valence-corrected chi connectivity index (χ2v) is 7.56. The summed E-state index contributed by atoms with van der Waals surface area (Å²) < 4.78 is 5.82. The fourth-order valence-electron chi connectivity index (χ4n) is 4.34. The fourth-order valence-corrected chi connectivity index (χ4v) is 4.34. The Morgan fingerprint density at radius 2 is 2.00 bits per heavy atom. The van der Waals surface area contributed by atoms with Crippen LogP contribution in [0.4, 0.5) is 0 Å². The van der Waals surface area contributed by atoms with Crippen molar-refractivity contribution in [3.63, 3.8) is 0 Å². The Bertz CT molecular complexity index is 377. The molecule has 0 aromatic carbocycles. The van der Waals surface area contributed by atoms with Crippen LogP contribution >= 0.6 is 0 Å². The second-order valence-electron chi connectivity index (χ2n) is 7.56. The Labute approximate surface area is 128 Å². The minimum atomic E-state index is 0.0915. The van der Waals surface area contributed by atoms with Crippen molar-refractivity contribution in [1.82, 2.24) is 9.80 Å². The van der Waals surface area contributed by atoms with Crippen LogP contribution in [0.3, 0.4) is 0 Å². The summed E-state index contributed by atoms with van der Waals surface area (Å²) in [6.45, 7) is 9.08. The minimum absolute atomic E-state index is 0.0915. The fraction of sp³-hybridized carbons (Fsp3) is 0.941. The Morgan fingerprint density at radius 1 is 1.24 bits per heavy atom. The third kappa shape index (κ3) is 3.42. The quantitative estimate of drug-likeness (QED) is 0.800. The molecule has 3 fully saturated rings. The zero-order valence-electron chi connectivity index (χ0n) is 13.6. The number of hydrogen-bond acceptors (Lipinski definition) is 3. The predicted molar refractivity (Wildman–Crippen MR) is 83.2 cm³/mol. The van der Waals surface area contributed by atoms with E-state index in [0.29, 0.717) is 23.8 Å². The highest BCUT2D eigenvalue weighted by Gasteiger charge is 2.42. The lowest BCUT2D eigenvalue weighted by molar-refractivity contribution is -0.136. The zero-order chi connectivity index (χ0) is 14.9. The summed E-state index contributed by atoms with van der Waals surface area (Å²) in [4.78, 5) is 17.1. The lowest BCUT2D eigenvalue weighted by atomic mass is 9.86. The van der Waals surface area contributed by atoms with Crippen LogP contribution in [0.15, 0.2) is 0 Å². The van der Waals surface area contributed by atoms with Gasteiger partial charge >= 0.3 is 0 Å². The van der Waals surface area contributed by atoms with Gasteiger partial charge in [0.05, 0.1) is 19.1 Å². The molecule has 0 N–H and O–H groups in total. The summed E-state index contributed by atoms with van der Waals surface area (Å²) in [6, 6.07) is 0.542. The van der Waals surface area contributed by atoms with Crippen LogP contribution < -0.4 is 0 Å². The van der Waals surface area contributed by atoms with Gasteiger partial charge in [0.25, 0.3) is 0 Å². The molecule has 2 heterocycles. The van der Waals surface area contributed by atoms with E-state index in [1.807, 2.05) is 0 Å². The van der Waals surface area contributed by atoms with Crippen molar-refractivity contribution >= 4 is 5.91 Å². The highest BCUT2D eigenvalue weighted by atomic mass is 16.5. The van der Waals surface area contributed by atoms with Gasteiger partial charge in [-0.2, -0.15) is 0 Å². The van der Waals surface area contributed by atoms with E-state index in [-0.39, 0.29) is 6.10 Å². The molecule has 1 spiro atoms. The van der Waals surface area contributed by atoms with E-state index in [2.05, 4.69) is 23.6 Å². The van der Waals surface area contributed by atoms with Gasteiger partial charge in [0.1, 0.15) is 0 Å². The smallest absolute Gasteiger partial charge is 0.225 e. The van der Waals surface area contributed by atoms with Crippen molar-refractivity contribution < 1.29 is 9.53 Å². The molecule has 1 atom stereocenters. The highest BCUT2D eigenvalue weighted by Crippen LogP contribution is 2.45. The van der Waals surface area contributed by atoms with Crippen molar-refractivity contribution in [2.24, 2.45) is 5.41 Å². The molecule has 120 valence electrons. The van der Waals surface area contributed by atoms with Crippen LogP contribution in [0, 0.1) is 5.41 Å². The molecule has 3 rings (SSSR count). The number of carbonyl (C=O) groups is 1. The first-order valence-corrected chi connectivity index (χ1v) is 8.71. The lowest BCUT2D eigenvalue weighted by Crippen LogP contribution is -2.47. The molecule has 2 aliphatic heterocycles. The summed E-state index contributed by atoms with van der Waals surface area (Å²) in [5.41, 5.74) is 0.479. The minimum Gasteiger partial charge on any atom is -0.375 e. The maximum atomic E-state index is 12.6. The summed E-state index contributed by atoms with van der Waals surface area (Å²) in [5.74, 6) is 0.314. The van der Waals surface area contributed by atoms with Gasteiger partial charge in [0.15, 0.2) is 0 Å². The summed E-state index contributed by atoms with van der Waals surface area (Å²) in [7, 11) is 0. The zero-order valence-corrected chi connectivity index (χ0v) is 13.6. The van der Waals surface area contributed by atoms with Gasteiger partial charge in [0.2, 0.25) is 5.91 Å². The maximum absolute atomic E-state index is 12.6.